The fraction of sp³-hybridized carbons (Fsp3) is 0.692. The summed E-state index contributed by atoms with van der Waals surface area (Å²) in [5, 5.41) is 4.43. The van der Waals surface area contributed by atoms with Crippen LogP contribution in [-0.4, -0.2) is 28.8 Å². The van der Waals surface area contributed by atoms with E-state index in [9.17, 15) is 4.79 Å². The first-order chi connectivity index (χ1) is 8.10. The fourth-order valence-electron chi connectivity index (χ4n) is 1.78. The van der Waals surface area contributed by atoms with E-state index in [4.69, 9.17) is 4.74 Å². The number of methoxy groups -OCH3 is 1. The summed E-state index contributed by atoms with van der Waals surface area (Å²) >= 11 is 0. The summed E-state index contributed by atoms with van der Waals surface area (Å²) in [6.07, 6.45) is 1.82. The summed E-state index contributed by atoms with van der Waals surface area (Å²) in [5.74, 6) is 0.205. The van der Waals surface area contributed by atoms with E-state index in [-0.39, 0.29) is 11.9 Å². The zero-order chi connectivity index (χ0) is 12.8. The van der Waals surface area contributed by atoms with E-state index in [1.807, 2.05) is 24.6 Å². The van der Waals surface area contributed by atoms with Crippen LogP contribution in [-0.2, 0) is 28.9 Å². The molecule has 1 heterocycles. The van der Waals surface area contributed by atoms with Gasteiger partial charge in [-0.15, -0.1) is 0 Å². The molecule has 96 valence electrons. The Morgan fingerprint density at radius 1 is 1.53 bits per heavy atom. The van der Waals surface area contributed by atoms with Crippen molar-refractivity contribution in [1.29, 1.82) is 0 Å². The molecule has 1 rings (SSSR count). The maximum Gasteiger partial charge on any atom is 0.141 e. The molecule has 1 aromatic rings. The highest BCUT2D eigenvalue weighted by molar-refractivity contribution is 5.80. The first kappa shape index (κ1) is 13.9. The molecule has 0 aliphatic heterocycles. The number of carbonyl (C=O) groups is 1. The minimum atomic E-state index is -0.00820. The number of Topliss-reactive ketones (excluding diaryl/α,β-unsaturated/α-hetero) is 1. The molecule has 0 spiro atoms. The van der Waals surface area contributed by atoms with Gasteiger partial charge in [0.25, 0.3) is 0 Å². The molecule has 0 radical (unpaired) electrons. The lowest BCUT2D eigenvalue weighted by atomic mass is 10.1. The molecule has 4 nitrogen and oxygen atoms in total. The van der Waals surface area contributed by atoms with Gasteiger partial charge in [-0.25, -0.2) is 0 Å². The van der Waals surface area contributed by atoms with Crippen molar-refractivity contribution in [3.05, 3.63) is 17.5 Å². The number of ether oxygens (including phenoxy) is 1. The standard InChI is InChI=1S/C13H22N2O2/c1-5-11-8-12(15(6-2)14-11)9-13(16)7-10(3)17-4/h8,10H,5-7,9H2,1-4H3. The molecule has 1 unspecified atom stereocenters. The van der Waals surface area contributed by atoms with E-state index in [1.165, 1.54) is 0 Å². The van der Waals surface area contributed by atoms with Gasteiger partial charge in [0, 0.05) is 32.2 Å². The number of aryl methyl sites for hydroxylation is 2. The third-order valence-electron chi connectivity index (χ3n) is 2.87. The van der Waals surface area contributed by atoms with Gasteiger partial charge in [-0.2, -0.15) is 5.10 Å². The van der Waals surface area contributed by atoms with Crippen molar-refractivity contribution in [3.8, 4) is 0 Å². The lowest BCUT2D eigenvalue weighted by molar-refractivity contribution is -0.120. The molecule has 4 heteroatoms. The minimum absolute atomic E-state index is 0.00820. The maximum atomic E-state index is 11.8. The van der Waals surface area contributed by atoms with Crippen LogP contribution in [0.3, 0.4) is 0 Å². The van der Waals surface area contributed by atoms with Crippen LogP contribution in [0.1, 0.15) is 38.6 Å². The van der Waals surface area contributed by atoms with Crippen molar-refractivity contribution in [2.24, 2.45) is 0 Å². The van der Waals surface area contributed by atoms with Crippen molar-refractivity contribution in [2.75, 3.05) is 7.11 Å². The predicted octanol–water partition coefficient (Wildman–Crippen LogP) is 2.00. The fourth-order valence-corrected chi connectivity index (χ4v) is 1.78. The van der Waals surface area contributed by atoms with E-state index in [1.54, 1.807) is 7.11 Å². The number of rotatable bonds is 7. The van der Waals surface area contributed by atoms with E-state index < -0.39 is 0 Å². The SMILES string of the molecule is CCc1cc(CC(=O)CC(C)OC)n(CC)n1. The van der Waals surface area contributed by atoms with Gasteiger partial charge in [-0.05, 0) is 26.3 Å². The first-order valence-corrected chi connectivity index (χ1v) is 6.20. The van der Waals surface area contributed by atoms with Crippen molar-refractivity contribution >= 4 is 5.78 Å². The summed E-state index contributed by atoms with van der Waals surface area (Å²) < 4.78 is 7.01. The second-order valence-electron chi connectivity index (χ2n) is 4.26. The Morgan fingerprint density at radius 3 is 2.76 bits per heavy atom. The minimum Gasteiger partial charge on any atom is -0.381 e. The quantitative estimate of drug-likeness (QED) is 0.729. The largest absolute Gasteiger partial charge is 0.381 e. The average Bonchev–Trinajstić information content (AvgIpc) is 2.70. The Hall–Kier alpha value is -1.16. The molecule has 1 aromatic heterocycles. The smallest absolute Gasteiger partial charge is 0.141 e. The van der Waals surface area contributed by atoms with Crippen LogP contribution in [0.25, 0.3) is 0 Å². The van der Waals surface area contributed by atoms with E-state index in [2.05, 4.69) is 12.0 Å². The second-order valence-corrected chi connectivity index (χ2v) is 4.26. The molecule has 0 fully saturated rings. The number of aromatic nitrogens is 2. The molecular weight excluding hydrogens is 216 g/mol. The van der Waals surface area contributed by atoms with E-state index in [0.29, 0.717) is 12.8 Å². The number of carbonyl (C=O) groups excluding carboxylic acids is 1. The molecule has 0 saturated heterocycles. The van der Waals surface area contributed by atoms with Crippen LogP contribution >= 0.6 is 0 Å². The van der Waals surface area contributed by atoms with Gasteiger partial charge in [0.2, 0.25) is 0 Å². The van der Waals surface area contributed by atoms with Crippen LogP contribution < -0.4 is 0 Å². The zero-order valence-corrected chi connectivity index (χ0v) is 11.2. The Bertz CT molecular complexity index is 371. The Labute approximate surface area is 103 Å². The van der Waals surface area contributed by atoms with Crippen LogP contribution in [0.4, 0.5) is 0 Å². The highest BCUT2D eigenvalue weighted by Gasteiger charge is 2.13. The molecule has 0 amide bonds. The normalized spacial score (nSPS) is 12.7. The van der Waals surface area contributed by atoms with Crippen LogP contribution in [0.15, 0.2) is 6.07 Å². The van der Waals surface area contributed by atoms with Gasteiger partial charge in [0.15, 0.2) is 0 Å². The van der Waals surface area contributed by atoms with Crippen LogP contribution in [0.2, 0.25) is 0 Å². The molecule has 0 aliphatic rings. The topological polar surface area (TPSA) is 44.1 Å². The van der Waals surface area contributed by atoms with Gasteiger partial charge >= 0.3 is 0 Å². The molecule has 1 atom stereocenters. The maximum absolute atomic E-state index is 11.8. The van der Waals surface area contributed by atoms with Gasteiger partial charge in [-0.1, -0.05) is 6.92 Å². The van der Waals surface area contributed by atoms with Gasteiger partial charge in [0.05, 0.1) is 11.8 Å². The lowest BCUT2D eigenvalue weighted by Gasteiger charge is -2.08. The number of nitrogens with zero attached hydrogens (tertiary/aromatic N) is 2. The second kappa shape index (κ2) is 6.55. The Morgan fingerprint density at radius 2 is 2.24 bits per heavy atom. The van der Waals surface area contributed by atoms with E-state index in [0.717, 1.165) is 24.4 Å². The zero-order valence-electron chi connectivity index (χ0n) is 11.2. The molecule has 0 bridgehead atoms. The summed E-state index contributed by atoms with van der Waals surface area (Å²) in [6.45, 7) is 6.83. The molecule has 0 aliphatic carbocycles. The number of ketones is 1. The molecule has 17 heavy (non-hydrogen) atoms. The summed E-state index contributed by atoms with van der Waals surface area (Å²) in [4.78, 5) is 11.8. The van der Waals surface area contributed by atoms with Crippen molar-refractivity contribution in [2.45, 2.75) is 52.7 Å². The van der Waals surface area contributed by atoms with Crippen molar-refractivity contribution < 1.29 is 9.53 Å². The predicted molar refractivity (Wildman–Crippen MR) is 67.1 cm³/mol. The molecule has 0 saturated carbocycles. The van der Waals surface area contributed by atoms with Crippen LogP contribution in [0, 0.1) is 0 Å². The summed E-state index contributed by atoms with van der Waals surface area (Å²) in [7, 11) is 1.63. The van der Waals surface area contributed by atoms with Gasteiger partial charge in [0.1, 0.15) is 5.78 Å². The van der Waals surface area contributed by atoms with Crippen LogP contribution in [0.5, 0.6) is 0 Å². The Kier molecular flexibility index (Phi) is 5.35. The first-order valence-electron chi connectivity index (χ1n) is 6.20. The highest BCUT2D eigenvalue weighted by Crippen LogP contribution is 2.09. The molecule has 0 N–H and O–H groups in total. The summed E-state index contributed by atoms with van der Waals surface area (Å²) in [5.41, 5.74) is 2.06. The van der Waals surface area contributed by atoms with E-state index >= 15 is 0 Å². The summed E-state index contributed by atoms with van der Waals surface area (Å²) in [6, 6.07) is 2.03. The monoisotopic (exact) mass is 238 g/mol. The lowest BCUT2D eigenvalue weighted by Crippen LogP contribution is -2.16. The molecule has 0 aromatic carbocycles. The average molecular weight is 238 g/mol. The highest BCUT2D eigenvalue weighted by atomic mass is 16.5. The Balaban J connectivity index is 2.66. The van der Waals surface area contributed by atoms with Crippen molar-refractivity contribution in [3.63, 3.8) is 0 Å². The van der Waals surface area contributed by atoms with Crippen molar-refractivity contribution in [1.82, 2.24) is 9.78 Å². The molecular formula is C13H22N2O2. The number of hydrogen-bond donors (Lipinski definition) is 0. The van der Waals surface area contributed by atoms with Gasteiger partial charge < -0.3 is 4.74 Å². The third kappa shape index (κ3) is 3.97. The number of hydrogen-bond acceptors (Lipinski definition) is 3. The third-order valence-corrected chi connectivity index (χ3v) is 2.87. The van der Waals surface area contributed by atoms with Gasteiger partial charge in [-0.3, -0.25) is 9.48 Å².